The first-order valence-electron chi connectivity index (χ1n) is 46.6. The molecule has 0 spiro atoms. The number of anilines is 9. The fourth-order valence-electron chi connectivity index (χ4n) is 16.7. The normalized spacial score (nSPS) is 18.4. The Morgan fingerprint density at radius 3 is 1.88 bits per heavy atom. The van der Waals surface area contributed by atoms with Gasteiger partial charge in [0.1, 0.15) is 29.9 Å². The molecule has 136 heavy (non-hydrogen) atoms. The van der Waals surface area contributed by atoms with E-state index in [2.05, 4.69) is 294 Å². The topological polar surface area (TPSA) is 272 Å². The van der Waals surface area contributed by atoms with Gasteiger partial charge in [0.25, 0.3) is 0 Å². The second-order valence-corrected chi connectivity index (χ2v) is 36.1. The molecule has 28 nitrogen and oxygen atoms in total. The average molecular weight is 1840 g/mol. The molecule has 11 aromatic heterocycles. The Bertz CT molecular complexity index is 6150. The van der Waals surface area contributed by atoms with Crippen LogP contribution in [0.5, 0.6) is 5.75 Å². The maximum Gasteiger partial charge on any atom is 0.169 e. The number of benzene rings is 4. The molecule has 0 bridgehead atoms. The summed E-state index contributed by atoms with van der Waals surface area (Å²) in [5.41, 5.74) is 24.8. The molecular weight excluding hydrogens is 1710 g/mol. The number of thiazole rings is 1. The first-order chi connectivity index (χ1) is 65.7. The molecule has 7 atom stereocenters. The molecule has 4 aromatic carbocycles. The lowest BCUT2D eigenvalue weighted by atomic mass is 9.96. The van der Waals surface area contributed by atoms with Crippen LogP contribution in [0.1, 0.15) is 133 Å². The zero-order valence-electron chi connectivity index (χ0n) is 81.8. The van der Waals surface area contributed by atoms with Crippen molar-refractivity contribution in [3.05, 3.63) is 323 Å². The number of rotatable bonds is 0. The van der Waals surface area contributed by atoms with Crippen LogP contribution in [0, 0.1) is 34.6 Å². The number of aromatic nitrogens is 15. The number of likely N-dealkylation sites (N-methyl/N-ethyl adjacent to an activating group) is 2. The van der Waals surface area contributed by atoms with Gasteiger partial charge in [0, 0.05) is 140 Å². The van der Waals surface area contributed by atoms with Crippen LogP contribution in [-0.4, -0.2) is 175 Å². The first kappa shape index (κ1) is 97.2. The maximum absolute atomic E-state index is 5.54. The lowest BCUT2D eigenvalue weighted by molar-refractivity contribution is 0.251. The van der Waals surface area contributed by atoms with E-state index in [4.69, 9.17) is 4.74 Å². The number of allylic oxidation sites excluding steroid dienone is 5. The number of pyridine rings is 5. The zero-order chi connectivity index (χ0) is 95.9. The third kappa shape index (κ3) is 25.3. The third-order valence-corrected chi connectivity index (χ3v) is 25.5. The van der Waals surface area contributed by atoms with Gasteiger partial charge in [0.15, 0.2) is 17.7 Å². The Hall–Kier alpha value is -14.9. The van der Waals surface area contributed by atoms with E-state index in [1.54, 1.807) is 33.9 Å². The van der Waals surface area contributed by atoms with Crippen LogP contribution in [0.15, 0.2) is 278 Å². The van der Waals surface area contributed by atoms with Crippen LogP contribution in [0.2, 0.25) is 0 Å². The summed E-state index contributed by atoms with van der Waals surface area (Å²) in [7, 11) is 12.5. The lowest BCUT2D eigenvalue weighted by Crippen LogP contribution is -2.33. The lowest BCUT2D eigenvalue weighted by Gasteiger charge is -2.27. The summed E-state index contributed by atoms with van der Waals surface area (Å²) in [6.45, 7) is 26.9. The molecule has 11 aliphatic rings. The number of nitrogens with zero attached hydrogens (tertiary/aromatic N) is 22. The maximum atomic E-state index is 5.54. The standard InChI is InChI=1S/3C9H12N2.C9H8N2.C9H11NO.C9H13N.2C8H11N3.C8H8N2.C8H7NS.C7H9N3.C7H7N3.C7H8N2/c1-7-6-8-9(11(7)2)4-3-5-10-8;1-8-7-11-6-4-3-5-9(11)10(8)2;1-7-10-8-5-3-4-6-9(8)11(7)2;1-7-6-10-8-4-2-3-5-9(8)11-7;1-7-10(2)8-5-3-4-6-9(8)11-7;1-7-6-8-4-2-3-5-9(8)10-7;1-6-10-7-5-9-4-3-8(7)11(6)2;1-6-10-7-4-3-5-9-8(7)11(6)2;1-7-6-8-4-2-3-5-10(8)9-7;1-6-9-7-4-2-3-5-8(7)10-6;1-5-2-6-7(10-5)3-8-4-9-6;1-6-8-7-4-2-3-5-10(7)9-6;1-5-8-6-3-2-4-7(6)9-5/h3-5,7H,6H2,1-2H3;3-7,9H,1-2H3;3-7,10H,1-2H3;2-6H,1H3;3-7H,1-2H3;2-6H2,1H3;2*3-6,10H,1-2H3;2-6H,1H3;2-5H,1H3;3-5,10H,2H2,1H3;2-5H,1H3;3-4H,2H2,1H3,(H,8,9). The number of aromatic amines is 1. The van der Waals surface area contributed by atoms with Crippen molar-refractivity contribution in [3.8, 4) is 5.75 Å². The average Bonchev–Trinajstić information content (AvgIpc) is 1.67. The Balaban J connectivity index is 0.000000118. The molecule has 15 aromatic rings. The van der Waals surface area contributed by atoms with E-state index in [0.29, 0.717) is 36.7 Å². The molecule has 0 saturated carbocycles. The number of aryl methyl sites for hydroxylation is 5. The quantitative estimate of drug-likeness (QED) is 0.0944. The van der Waals surface area contributed by atoms with Crippen LogP contribution < -0.4 is 61.2 Å². The minimum Gasteiger partial charge on any atom is -0.469 e. The molecule has 2 aliphatic carbocycles. The van der Waals surface area contributed by atoms with E-state index in [1.807, 2.05) is 225 Å². The summed E-state index contributed by atoms with van der Waals surface area (Å²) >= 11 is 1.74. The summed E-state index contributed by atoms with van der Waals surface area (Å²) in [4.78, 5) is 65.0. The van der Waals surface area contributed by atoms with Gasteiger partial charge in [-0.3, -0.25) is 19.9 Å². The Kier molecular flexibility index (Phi) is 33.0. The number of hydrogen-bond acceptors (Lipinski definition) is 26. The molecule has 0 fully saturated rings. The minimum atomic E-state index is 0.174. The Morgan fingerprint density at radius 1 is 0.485 bits per heavy atom. The Morgan fingerprint density at radius 2 is 1.15 bits per heavy atom. The minimum absolute atomic E-state index is 0.174. The molecule has 20 heterocycles. The predicted molar refractivity (Wildman–Crippen MR) is 560 cm³/mol. The van der Waals surface area contributed by atoms with Crippen molar-refractivity contribution in [3.63, 3.8) is 0 Å². The van der Waals surface area contributed by atoms with Gasteiger partial charge < -0.3 is 65.3 Å². The number of ether oxygens (including phenoxy) is 1. The molecule has 29 heteroatoms. The summed E-state index contributed by atoms with van der Waals surface area (Å²) in [5.74, 6) is 3.85. The van der Waals surface area contributed by atoms with Gasteiger partial charge in [-0.05, 0) is 249 Å². The van der Waals surface area contributed by atoms with Gasteiger partial charge in [0.05, 0.1) is 142 Å². The fraction of sp³-hybridized carbons (Fsp3) is 0.318. The molecular formula is C107H129N27OS. The zero-order valence-corrected chi connectivity index (χ0v) is 82.6. The van der Waals surface area contributed by atoms with Gasteiger partial charge in [-0.15, -0.1) is 11.3 Å². The molecule has 5 N–H and O–H groups in total. The van der Waals surface area contributed by atoms with Gasteiger partial charge >= 0.3 is 0 Å². The van der Waals surface area contributed by atoms with Crippen molar-refractivity contribution in [2.24, 2.45) is 4.99 Å². The number of fused-ring (bicyclic) bond motifs is 12. The highest BCUT2D eigenvalue weighted by Crippen LogP contribution is 2.38. The fourth-order valence-corrected chi connectivity index (χ4v) is 17.5. The second kappa shape index (κ2) is 46.2. The summed E-state index contributed by atoms with van der Waals surface area (Å²) in [5, 5.41) is 25.1. The summed E-state index contributed by atoms with van der Waals surface area (Å²) < 4.78 is 10.5. The highest BCUT2D eigenvalue weighted by Gasteiger charge is 2.28. The number of hydrogen-bond donors (Lipinski definition) is 5. The van der Waals surface area contributed by atoms with E-state index in [1.165, 1.54) is 93.4 Å². The van der Waals surface area contributed by atoms with Crippen molar-refractivity contribution in [1.29, 1.82) is 0 Å². The molecule has 9 aliphatic heterocycles. The summed E-state index contributed by atoms with van der Waals surface area (Å²) in [6, 6.07) is 57.6. The third-order valence-electron chi connectivity index (χ3n) is 24.5. The van der Waals surface area contributed by atoms with Crippen molar-refractivity contribution >= 4 is 113 Å². The highest BCUT2D eigenvalue weighted by molar-refractivity contribution is 7.18. The van der Waals surface area contributed by atoms with Crippen molar-refractivity contribution in [2.75, 3.05) is 88.1 Å². The van der Waals surface area contributed by atoms with Crippen LogP contribution >= 0.6 is 11.3 Å². The van der Waals surface area contributed by atoms with Crippen LogP contribution in [0.3, 0.4) is 0 Å². The summed E-state index contributed by atoms with van der Waals surface area (Å²) in [6.07, 6.45) is 42.6. The molecule has 26 rings (SSSR count). The van der Waals surface area contributed by atoms with Crippen LogP contribution in [0.4, 0.5) is 51.3 Å². The van der Waals surface area contributed by atoms with Crippen molar-refractivity contribution in [2.45, 2.75) is 184 Å². The van der Waals surface area contributed by atoms with Gasteiger partial charge in [-0.2, -0.15) is 10.2 Å². The predicted octanol–water partition coefficient (Wildman–Crippen LogP) is 19.7. The van der Waals surface area contributed by atoms with Gasteiger partial charge in [-0.1, -0.05) is 78.9 Å². The van der Waals surface area contributed by atoms with Crippen molar-refractivity contribution in [1.82, 2.24) is 83.9 Å². The van der Waals surface area contributed by atoms with E-state index in [-0.39, 0.29) is 6.23 Å². The van der Waals surface area contributed by atoms with Crippen molar-refractivity contribution < 1.29 is 4.74 Å². The largest absolute Gasteiger partial charge is 0.469 e. The molecule has 0 radical (unpaired) electrons. The van der Waals surface area contributed by atoms with E-state index in [0.717, 1.165) is 115 Å². The molecule has 704 valence electrons. The molecule has 0 saturated heterocycles. The van der Waals surface area contributed by atoms with E-state index < -0.39 is 0 Å². The number of nitrogens with one attached hydrogen (secondary N) is 5. The van der Waals surface area contributed by atoms with Crippen LogP contribution in [-0.2, 0) is 12.8 Å². The van der Waals surface area contributed by atoms with Crippen LogP contribution in [0.25, 0.3) is 44.6 Å². The van der Waals surface area contributed by atoms with E-state index in [9.17, 15) is 0 Å². The van der Waals surface area contributed by atoms with Gasteiger partial charge in [-0.25, -0.2) is 43.9 Å². The molecule has 7 unspecified atom stereocenters. The number of imidazole rings is 1. The SMILES string of the molecule is CC1=CN2C=CC=CC2N1C.CC1=NC2=C(CCCC2)C1.CC1Cc2ncccc2N1C.CC1Cc2ncncc2N1.CC1Nc2ccccc2N1C.CC1Nc2cccnc2N1C.CC1Nc2cnccc2N1C.CC1Oc2ccccc2N1C.Cc1cc2ccccn2n1.Cc1cnc2ccccc2n1.Cc1nc2c([nH]1)=CCC=2.Cc1nc2ccccc2s1.Cc1nc2ccccn2n1. The van der Waals surface area contributed by atoms with Gasteiger partial charge in [0.2, 0.25) is 0 Å². The Labute approximate surface area is 803 Å². The smallest absolute Gasteiger partial charge is 0.169 e. The number of para-hydroxylation sites is 7. The van der Waals surface area contributed by atoms with E-state index >= 15 is 0 Å². The second-order valence-electron chi connectivity index (χ2n) is 34.9. The number of H-pyrrole nitrogens is 1. The highest BCUT2D eigenvalue weighted by atomic mass is 32.1. The first-order valence-corrected chi connectivity index (χ1v) is 47.5. The molecule has 0 amide bonds. The monoisotopic (exact) mass is 1840 g/mol. The number of aliphatic imine (C=N–C) groups is 1.